The Hall–Kier alpha value is -3.34. The van der Waals surface area contributed by atoms with E-state index in [1.807, 2.05) is 30.3 Å². The normalized spacial score (nSPS) is 12.5. The van der Waals surface area contributed by atoms with Gasteiger partial charge in [-0.05, 0) is 23.6 Å². The first-order chi connectivity index (χ1) is 11.8. The van der Waals surface area contributed by atoms with Gasteiger partial charge in [0.25, 0.3) is 0 Å². The minimum Gasteiger partial charge on any atom is -0.496 e. The van der Waals surface area contributed by atoms with Crippen LogP contribution >= 0.6 is 0 Å². The molecule has 5 rings (SSSR count). The highest BCUT2D eigenvalue weighted by molar-refractivity contribution is 6.27. The molecule has 0 N–H and O–H groups in total. The number of para-hydroxylation sites is 1. The fourth-order valence-corrected chi connectivity index (χ4v) is 3.38. The summed E-state index contributed by atoms with van der Waals surface area (Å²) in [7, 11) is 1.54. The van der Waals surface area contributed by atoms with Gasteiger partial charge in [-0.25, -0.2) is 4.98 Å². The van der Waals surface area contributed by atoms with Crippen molar-refractivity contribution in [3.8, 4) is 17.1 Å². The lowest BCUT2D eigenvalue weighted by atomic mass is 9.90. The summed E-state index contributed by atoms with van der Waals surface area (Å²) in [6.45, 7) is 0. The molecule has 0 fully saturated rings. The van der Waals surface area contributed by atoms with Gasteiger partial charge in [0, 0.05) is 23.2 Å². The molecule has 5 heteroatoms. The number of ketones is 1. The van der Waals surface area contributed by atoms with Crippen molar-refractivity contribution >= 4 is 27.5 Å². The lowest BCUT2D eigenvalue weighted by Crippen LogP contribution is -2.15. The summed E-state index contributed by atoms with van der Waals surface area (Å²) in [6, 6.07) is 11.5. The Kier molecular flexibility index (Phi) is 2.51. The van der Waals surface area contributed by atoms with Crippen molar-refractivity contribution in [2.45, 2.75) is 0 Å². The van der Waals surface area contributed by atoms with Crippen LogP contribution in [0.15, 0.2) is 48.8 Å². The molecule has 4 aromatic rings. The lowest BCUT2D eigenvalue weighted by molar-refractivity contribution is 0.103. The van der Waals surface area contributed by atoms with E-state index < -0.39 is 0 Å². The lowest BCUT2D eigenvalue weighted by Gasteiger charge is -2.20. The number of carbonyl (C=O) groups excluding carboxylic acids is 1. The molecule has 0 aliphatic heterocycles. The molecule has 1 aliphatic carbocycles. The van der Waals surface area contributed by atoms with Gasteiger partial charge >= 0.3 is 0 Å². The summed E-state index contributed by atoms with van der Waals surface area (Å²) >= 11 is 0. The van der Waals surface area contributed by atoms with E-state index in [4.69, 9.17) is 9.72 Å². The fourth-order valence-electron chi connectivity index (χ4n) is 3.38. The molecule has 0 saturated carbocycles. The highest BCUT2D eigenvalue weighted by atomic mass is 16.5. The summed E-state index contributed by atoms with van der Waals surface area (Å²) < 4.78 is 5.36. The van der Waals surface area contributed by atoms with Gasteiger partial charge < -0.3 is 4.74 Å². The topological polar surface area (TPSA) is 65.0 Å². The Morgan fingerprint density at radius 2 is 1.67 bits per heavy atom. The minimum atomic E-state index is -0.176. The number of hydrogen-bond donors (Lipinski definition) is 0. The molecular formula is C19H11N3O2. The second-order valence-corrected chi connectivity index (χ2v) is 5.63. The van der Waals surface area contributed by atoms with Crippen molar-refractivity contribution in [2.75, 3.05) is 7.11 Å². The molecule has 24 heavy (non-hydrogen) atoms. The van der Waals surface area contributed by atoms with E-state index in [1.54, 1.807) is 25.6 Å². The number of hydrogen-bond acceptors (Lipinski definition) is 5. The molecule has 114 valence electrons. The van der Waals surface area contributed by atoms with Gasteiger partial charge in [-0.1, -0.05) is 18.2 Å². The maximum absolute atomic E-state index is 13.0. The van der Waals surface area contributed by atoms with Crippen molar-refractivity contribution in [3.05, 3.63) is 60.0 Å². The number of carbonyl (C=O) groups is 1. The maximum Gasteiger partial charge on any atom is 0.218 e. The highest BCUT2D eigenvalue weighted by Gasteiger charge is 2.32. The predicted molar refractivity (Wildman–Crippen MR) is 90.3 cm³/mol. The van der Waals surface area contributed by atoms with Crippen molar-refractivity contribution in [2.24, 2.45) is 0 Å². The standard InChI is InChI=1S/C19H11N3O2/c1-24-13-7-9-20-16-15(13)19(23)18-14-11(6-8-21-18)10-4-2-3-5-12(10)22-17(14)16/h2-9H,1H3. The van der Waals surface area contributed by atoms with Crippen LogP contribution in [0.4, 0.5) is 0 Å². The van der Waals surface area contributed by atoms with Crippen LogP contribution in [0.1, 0.15) is 16.1 Å². The zero-order chi connectivity index (χ0) is 16.3. The average Bonchev–Trinajstić information content (AvgIpc) is 2.65. The third-order valence-electron chi connectivity index (χ3n) is 4.41. The Balaban J connectivity index is 2.06. The Morgan fingerprint density at radius 1 is 0.875 bits per heavy atom. The molecule has 5 nitrogen and oxygen atoms in total. The monoisotopic (exact) mass is 313 g/mol. The molecule has 0 radical (unpaired) electrons. The van der Waals surface area contributed by atoms with Gasteiger partial charge in [0.15, 0.2) is 0 Å². The van der Waals surface area contributed by atoms with Gasteiger partial charge in [0.2, 0.25) is 5.78 Å². The van der Waals surface area contributed by atoms with Crippen LogP contribution < -0.4 is 4.74 Å². The average molecular weight is 313 g/mol. The molecule has 0 unspecified atom stereocenters. The van der Waals surface area contributed by atoms with Crippen molar-refractivity contribution < 1.29 is 9.53 Å². The smallest absolute Gasteiger partial charge is 0.218 e. The third kappa shape index (κ3) is 1.53. The number of fused-ring (bicyclic) bond motifs is 4. The van der Waals surface area contributed by atoms with Crippen LogP contribution in [0.5, 0.6) is 5.75 Å². The van der Waals surface area contributed by atoms with Crippen molar-refractivity contribution in [1.82, 2.24) is 15.0 Å². The van der Waals surface area contributed by atoms with E-state index in [-0.39, 0.29) is 5.78 Å². The zero-order valence-electron chi connectivity index (χ0n) is 12.8. The van der Waals surface area contributed by atoms with Crippen LogP contribution in [0.2, 0.25) is 0 Å². The van der Waals surface area contributed by atoms with Crippen LogP contribution in [-0.4, -0.2) is 27.8 Å². The van der Waals surface area contributed by atoms with E-state index in [0.29, 0.717) is 28.4 Å². The van der Waals surface area contributed by atoms with E-state index >= 15 is 0 Å². The molecule has 1 aromatic carbocycles. The maximum atomic E-state index is 13.0. The quantitative estimate of drug-likeness (QED) is 0.444. The van der Waals surface area contributed by atoms with E-state index in [2.05, 4.69) is 9.97 Å². The minimum absolute atomic E-state index is 0.176. The van der Waals surface area contributed by atoms with Crippen LogP contribution in [0.25, 0.3) is 33.1 Å². The van der Waals surface area contributed by atoms with Crippen molar-refractivity contribution in [3.63, 3.8) is 0 Å². The predicted octanol–water partition coefficient (Wildman–Crippen LogP) is 3.40. The van der Waals surface area contributed by atoms with Crippen LogP contribution in [-0.2, 0) is 0 Å². The summed E-state index contributed by atoms with van der Waals surface area (Å²) in [4.78, 5) is 26.5. The molecule has 0 saturated heterocycles. The fraction of sp³-hybridized carbons (Fsp3) is 0.0526. The van der Waals surface area contributed by atoms with Gasteiger partial charge in [-0.2, -0.15) is 0 Å². The number of nitrogens with zero attached hydrogens (tertiary/aromatic N) is 3. The molecule has 3 heterocycles. The van der Waals surface area contributed by atoms with Gasteiger partial charge in [-0.3, -0.25) is 14.8 Å². The van der Waals surface area contributed by atoms with E-state index in [0.717, 1.165) is 21.7 Å². The summed E-state index contributed by atoms with van der Waals surface area (Å²) in [6.07, 6.45) is 3.30. The first-order valence-electron chi connectivity index (χ1n) is 7.55. The molecular weight excluding hydrogens is 302 g/mol. The van der Waals surface area contributed by atoms with Gasteiger partial charge in [-0.15, -0.1) is 0 Å². The first-order valence-corrected chi connectivity index (χ1v) is 7.55. The molecule has 0 bridgehead atoms. The molecule has 0 spiro atoms. The third-order valence-corrected chi connectivity index (χ3v) is 4.41. The van der Waals surface area contributed by atoms with E-state index in [9.17, 15) is 4.79 Å². The SMILES string of the molecule is COc1ccnc2c1C(=O)c1nccc3c1c-2nc1ccccc13. The van der Waals surface area contributed by atoms with Gasteiger partial charge in [0.1, 0.15) is 22.8 Å². The van der Waals surface area contributed by atoms with Gasteiger partial charge in [0.05, 0.1) is 18.2 Å². The second-order valence-electron chi connectivity index (χ2n) is 5.63. The summed E-state index contributed by atoms with van der Waals surface area (Å²) in [5, 5.41) is 2.72. The Bertz CT molecular complexity index is 1170. The molecule has 3 aromatic heterocycles. The molecule has 0 atom stereocenters. The van der Waals surface area contributed by atoms with E-state index in [1.165, 1.54) is 0 Å². The van der Waals surface area contributed by atoms with Crippen molar-refractivity contribution in [1.29, 1.82) is 0 Å². The van der Waals surface area contributed by atoms with Crippen LogP contribution in [0, 0.1) is 0 Å². The second kappa shape index (κ2) is 4.58. The highest BCUT2D eigenvalue weighted by Crippen LogP contribution is 2.41. The number of rotatable bonds is 1. The summed E-state index contributed by atoms with van der Waals surface area (Å²) in [5.41, 5.74) is 2.92. The number of pyridine rings is 3. The van der Waals surface area contributed by atoms with Crippen LogP contribution in [0.3, 0.4) is 0 Å². The number of methoxy groups -OCH3 is 1. The first kappa shape index (κ1) is 13.1. The molecule has 1 aliphatic rings. The Morgan fingerprint density at radius 3 is 2.54 bits per heavy atom. The number of ether oxygens (including phenoxy) is 1. The number of benzene rings is 1. The number of aromatic nitrogens is 3. The Labute approximate surface area is 137 Å². The zero-order valence-corrected chi connectivity index (χ0v) is 12.8. The summed E-state index contributed by atoms with van der Waals surface area (Å²) in [5.74, 6) is 0.314. The largest absolute Gasteiger partial charge is 0.496 e. The molecule has 0 amide bonds.